The molecule has 2 heterocycles. The highest BCUT2D eigenvalue weighted by Gasteiger charge is 2.31. The first-order valence-electron chi connectivity index (χ1n) is 10.7. The van der Waals surface area contributed by atoms with Crippen LogP contribution in [0.5, 0.6) is 0 Å². The van der Waals surface area contributed by atoms with Crippen molar-refractivity contribution < 1.29 is 19.2 Å². The van der Waals surface area contributed by atoms with E-state index in [4.69, 9.17) is 0 Å². The Bertz CT molecular complexity index is 1210. The van der Waals surface area contributed by atoms with Crippen molar-refractivity contribution in [1.29, 1.82) is 0 Å². The maximum atomic E-state index is 12.4. The number of anilines is 2. The molecule has 0 bridgehead atoms. The van der Waals surface area contributed by atoms with Crippen molar-refractivity contribution in [2.45, 2.75) is 51.3 Å². The first-order chi connectivity index (χ1) is 16.0. The molecule has 0 fully saturated rings. The topological polar surface area (TPSA) is 74.8 Å². The van der Waals surface area contributed by atoms with Gasteiger partial charge >= 0.3 is 0 Å². The molecule has 4 amide bonds. The molecule has 174 valence electrons. The lowest BCUT2D eigenvalue weighted by atomic mass is 10.1. The smallest absolute Gasteiger partial charge is 0.261 e. The van der Waals surface area contributed by atoms with Crippen LogP contribution in [-0.4, -0.2) is 23.6 Å². The number of benzene rings is 2. The van der Waals surface area contributed by atoms with Gasteiger partial charge in [-0.3, -0.25) is 19.2 Å². The summed E-state index contributed by atoms with van der Waals surface area (Å²) in [6.07, 6.45) is 2.72. The predicted octanol–water partition coefficient (Wildman–Crippen LogP) is 5.36. The van der Waals surface area contributed by atoms with E-state index in [2.05, 4.69) is 0 Å². The lowest BCUT2D eigenvalue weighted by Gasteiger charge is -2.20. The van der Waals surface area contributed by atoms with Crippen LogP contribution in [0.15, 0.2) is 57.4 Å². The third-order valence-corrected chi connectivity index (χ3v) is 8.77. The van der Waals surface area contributed by atoms with Gasteiger partial charge in [0.1, 0.15) is 0 Å². The van der Waals surface area contributed by atoms with Crippen molar-refractivity contribution >= 4 is 56.6 Å². The van der Waals surface area contributed by atoms with Gasteiger partial charge in [-0.15, -0.1) is 0 Å². The average molecular weight is 493 g/mol. The zero-order chi connectivity index (χ0) is 24.9. The fraction of sp³-hybridized carbons (Fsp3) is 0.231. The van der Waals surface area contributed by atoms with Crippen LogP contribution in [-0.2, 0) is 19.2 Å². The SMILES string of the molecule is CC1=CC(=O)N(c2cc(C)c(SSc3c(C)cc(N4C(=O)C=C(C)C4=O)cc3C)c(C)c2)C1=O. The van der Waals surface area contributed by atoms with Gasteiger partial charge < -0.3 is 0 Å². The molecule has 0 saturated heterocycles. The molecule has 0 radical (unpaired) electrons. The number of carbonyl (C=O) groups is 4. The van der Waals surface area contributed by atoms with Gasteiger partial charge in [-0.2, -0.15) is 0 Å². The monoisotopic (exact) mass is 492 g/mol. The summed E-state index contributed by atoms with van der Waals surface area (Å²) in [5, 5.41) is 0. The van der Waals surface area contributed by atoms with E-state index in [1.807, 2.05) is 52.0 Å². The van der Waals surface area contributed by atoms with Gasteiger partial charge in [0, 0.05) is 33.1 Å². The van der Waals surface area contributed by atoms with E-state index in [0.717, 1.165) is 32.0 Å². The van der Waals surface area contributed by atoms with Gasteiger partial charge in [-0.1, -0.05) is 21.6 Å². The lowest BCUT2D eigenvalue weighted by molar-refractivity contribution is -0.121. The normalized spacial score (nSPS) is 16.1. The highest BCUT2D eigenvalue weighted by molar-refractivity contribution is 8.76. The Hall–Kier alpha value is -3.10. The van der Waals surface area contributed by atoms with Crippen LogP contribution >= 0.6 is 21.6 Å². The molecule has 4 rings (SSSR count). The second-order valence-corrected chi connectivity index (χ2v) is 10.7. The summed E-state index contributed by atoms with van der Waals surface area (Å²) >= 11 is 0. The molecule has 2 aliphatic heterocycles. The lowest BCUT2D eigenvalue weighted by Crippen LogP contribution is -2.30. The van der Waals surface area contributed by atoms with E-state index in [-0.39, 0.29) is 23.6 Å². The minimum Gasteiger partial charge on any atom is -0.269 e. The summed E-state index contributed by atoms with van der Waals surface area (Å²) in [6, 6.07) is 7.45. The maximum absolute atomic E-state index is 12.4. The summed E-state index contributed by atoms with van der Waals surface area (Å²) in [5.41, 5.74) is 5.91. The largest absolute Gasteiger partial charge is 0.269 e. The Kier molecular flexibility index (Phi) is 6.31. The third-order valence-electron chi connectivity index (χ3n) is 5.82. The molecule has 2 aromatic rings. The molecule has 0 aliphatic carbocycles. The van der Waals surface area contributed by atoms with Crippen molar-refractivity contribution in [3.8, 4) is 0 Å². The molecule has 0 N–H and O–H groups in total. The van der Waals surface area contributed by atoms with Gasteiger partial charge in [0.05, 0.1) is 11.4 Å². The number of aryl methyl sites for hydroxylation is 4. The Morgan fingerprint density at radius 2 is 0.824 bits per heavy atom. The van der Waals surface area contributed by atoms with E-state index < -0.39 is 0 Å². The summed E-state index contributed by atoms with van der Waals surface area (Å²) in [7, 11) is 3.21. The van der Waals surface area contributed by atoms with Gasteiger partial charge in [-0.05, 0) is 88.1 Å². The molecule has 0 unspecified atom stereocenters. The fourth-order valence-corrected chi connectivity index (χ4v) is 7.13. The van der Waals surface area contributed by atoms with Crippen molar-refractivity contribution in [2.75, 3.05) is 9.80 Å². The minimum absolute atomic E-state index is 0.287. The maximum Gasteiger partial charge on any atom is 0.261 e. The quantitative estimate of drug-likeness (QED) is 0.413. The van der Waals surface area contributed by atoms with Crippen LogP contribution in [0.4, 0.5) is 11.4 Å². The standard InChI is InChI=1S/C26H24N2O4S2/c1-13-7-19(27-21(29)11-17(5)25(27)31)8-14(2)23(13)33-34-24-15(3)9-20(10-16(24)4)28-22(30)12-18(6)26(28)32/h7-12H,1-6H3. The molecular formula is C26H24N2O4S2. The Labute approximate surface area is 206 Å². The number of rotatable bonds is 5. The second-order valence-electron chi connectivity index (χ2n) is 8.60. The van der Waals surface area contributed by atoms with Crippen LogP contribution in [0.2, 0.25) is 0 Å². The number of carbonyl (C=O) groups excluding carboxylic acids is 4. The molecule has 0 spiro atoms. The molecule has 8 heteroatoms. The van der Waals surface area contributed by atoms with Crippen molar-refractivity contribution in [2.24, 2.45) is 0 Å². The number of hydrogen-bond donors (Lipinski definition) is 0. The zero-order valence-electron chi connectivity index (χ0n) is 19.8. The predicted molar refractivity (Wildman–Crippen MR) is 136 cm³/mol. The number of imide groups is 2. The van der Waals surface area contributed by atoms with Crippen LogP contribution in [0.3, 0.4) is 0 Å². The van der Waals surface area contributed by atoms with Gasteiger partial charge in [0.15, 0.2) is 0 Å². The summed E-state index contributed by atoms with van der Waals surface area (Å²) in [6.45, 7) is 11.1. The molecule has 0 aromatic heterocycles. The summed E-state index contributed by atoms with van der Waals surface area (Å²) in [4.78, 5) is 53.8. The fourth-order valence-electron chi connectivity index (χ4n) is 4.12. The molecule has 6 nitrogen and oxygen atoms in total. The Morgan fingerprint density at radius 3 is 1.06 bits per heavy atom. The molecule has 0 atom stereocenters. The zero-order valence-corrected chi connectivity index (χ0v) is 21.4. The first-order valence-corrected chi connectivity index (χ1v) is 12.8. The number of nitrogens with zero attached hydrogens (tertiary/aromatic N) is 2. The van der Waals surface area contributed by atoms with Gasteiger partial charge in [-0.25, -0.2) is 9.80 Å². The van der Waals surface area contributed by atoms with Crippen molar-refractivity contribution in [1.82, 2.24) is 0 Å². The number of amides is 4. The van der Waals surface area contributed by atoms with Crippen molar-refractivity contribution in [3.63, 3.8) is 0 Å². The summed E-state index contributed by atoms with van der Waals surface area (Å²) < 4.78 is 0. The first kappa shape index (κ1) is 24.0. The van der Waals surface area contributed by atoms with E-state index >= 15 is 0 Å². The Morgan fingerprint density at radius 1 is 0.529 bits per heavy atom. The number of hydrogen-bond acceptors (Lipinski definition) is 6. The molecule has 0 saturated carbocycles. The second kappa shape index (κ2) is 8.92. The average Bonchev–Trinajstić information content (AvgIpc) is 3.15. The molecule has 2 aliphatic rings. The highest BCUT2D eigenvalue weighted by atomic mass is 33.1. The third kappa shape index (κ3) is 4.12. The minimum atomic E-state index is -0.317. The molecule has 2 aromatic carbocycles. The summed E-state index contributed by atoms with van der Waals surface area (Å²) in [5.74, 6) is -1.21. The molecular weight excluding hydrogens is 468 g/mol. The van der Waals surface area contributed by atoms with Gasteiger partial charge in [0.25, 0.3) is 23.6 Å². The molecule has 34 heavy (non-hydrogen) atoms. The van der Waals surface area contributed by atoms with Crippen LogP contribution in [0.25, 0.3) is 0 Å². The highest BCUT2D eigenvalue weighted by Crippen LogP contribution is 2.45. The van der Waals surface area contributed by atoms with Crippen LogP contribution < -0.4 is 9.80 Å². The Balaban J connectivity index is 1.56. The van der Waals surface area contributed by atoms with E-state index in [9.17, 15) is 19.2 Å². The van der Waals surface area contributed by atoms with Crippen LogP contribution in [0.1, 0.15) is 36.1 Å². The van der Waals surface area contributed by atoms with Gasteiger partial charge in [0.2, 0.25) is 0 Å². The van der Waals surface area contributed by atoms with E-state index in [1.54, 1.807) is 35.4 Å². The van der Waals surface area contributed by atoms with E-state index in [1.165, 1.54) is 22.0 Å². The van der Waals surface area contributed by atoms with E-state index in [0.29, 0.717) is 22.5 Å². The van der Waals surface area contributed by atoms with Crippen molar-refractivity contribution in [3.05, 3.63) is 69.8 Å². The van der Waals surface area contributed by atoms with Crippen LogP contribution in [0, 0.1) is 27.7 Å².